The third-order valence-corrected chi connectivity index (χ3v) is 7.41. The fraction of sp³-hybridized carbons (Fsp3) is 0.333. The molecule has 0 aliphatic rings. The molecule has 0 aromatic heterocycles. The maximum atomic E-state index is 13.7. The number of hydrogen-bond donors (Lipinski definition) is 1. The first-order valence-corrected chi connectivity index (χ1v) is 14.8. The predicted molar refractivity (Wildman–Crippen MR) is 152 cm³/mol. The second-order valence-corrected chi connectivity index (χ2v) is 11.2. The van der Waals surface area contributed by atoms with E-state index in [1.54, 1.807) is 29.2 Å². The van der Waals surface area contributed by atoms with Crippen LogP contribution in [0.4, 0.5) is 5.69 Å². The largest absolute Gasteiger partial charge is 0.354 e. The molecule has 1 atom stereocenters. The molecule has 0 fully saturated rings. The Kier molecular flexibility index (Phi) is 10.9. The molecule has 0 saturated heterocycles. The van der Waals surface area contributed by atoms with Crippen molar-refractivity contribution in [3.63, 3.8) is 0 Å². The number of carbonyl (C=O) groups is 2. The van der Waals surface area contributed by atoms with E-state index in [0.717, 1.165) is 23.8 Å². The number of carbonyl (C=O) groups excluding carboxylic acids is 2. The van der Waals surface area contributed by atoms with Crippen LogP contribution in [0.1, 0.15) is 37.3 Å². The van der Waals surface area contributed by atoms with Gasteiger partial charge in [0.1, 0.15) is 6.04 Å². The van der Waals surface area contributed by atoms with E-state index in [4.69, 9.17) is 0 Å². The van der Waals surface area contributed by atoms with Gasteiger partial charge in [-0.25, -0.2) is 8.42 Å². The van der Waals surface area contributed by atoms with Gasteiger partial charge in [0.05, 0.1) is 11.9 Å². The molecule has 3 aromatic rings. The number of hydrogen-bond acceptors (Lipinski definition) is 4. The van der Waals surface area contributed by atoms with Gasteiger partial charge in [0.2, 0.25) is 21.8 Å². The average molecular weight is 536 g/mol. The van der Waals surface area contributed by atoms with Gasteiger partial charge in [-0.3, -0.25) is 13.9 Å². The molecule has 0 bridgehead atoms. The molecule has 0 aliphatic carbocycles. The Morgan fingerprint density at radius 2 is 1.39 bits per heavy atom. The Morgan fingerprint density at radius 1 is 0.842 bits per heavy atom. The van der Waals surface area contributed by atoms with E-state index in [-0.39, 0.29) is 31.3 Å². The monoisotopic (exact) mass is 535 g/mol. The zero-order chi connectivity index (χ0) is 27.4. The highest BCUT2D eigenvalue weighted by Gasteiger charge is 2.30. The normalized spacial score (nSPS) is 11.9. The lowest BCUT2D eigenvalue weighted by Gasteiger charge is -2.32. The predicted octanol–water partition coefficient (Wildman–Crippen LogP) is 4.40. The van der Waals surface area contributed by atoms with Crippen LogP contribution in [0.15, 0.2) is 91.0 Å². The molecule has 1 unspecified atom stereocenters. The van der Waals surface area contributed by atoms with Crippen molar-refractivity contribution in [1.29, 1.82) is 0 Å². The number of anilines is 1. The van der Waals surface area contributed by atoms with E-state index in [1.807, 2.05) is 73.7 Å². The van der Waals surface area contributed by atoms with Crippen LogP contribution in [0.3, 0.4) is 0 Å². The number of para-hydroxylation sites is 1. The van der Waals surface area contributed by atoms with Gasteiger partial charge in [0.15, 0.2) is 0 Å². The first-order chi connectivity index (χ1) is 18.3. The van der Waals surface area contributed by atoms with Gasteiger partial charge >= 0.3 is 0 Å². The second-order valence-electron chi connectivity index (χ2n) is 9.28. The van der Waals surface area contributed by atoms with Crippen molar-refractivity contribution < 1.29 is 18.0 Å². The van der Waals surface area contributed by atoms with Crippen LogP contribution in [0.25, 0.3) is 0 Å². The van der Waals surface area contributed by atoms with Crippen molar-refractivity contribution in [3.05, 3.63) is 102 Å². The summed E-state index contributed by atoms with van der Waals surface area (Å²) in [4.78, 5) is 28.7. The van der Waals surface area contributed by atoms with Crippen molar-refractivity contribution >= 4 is 27.5 Å². The molecule has 0 spiro atoms. The summed E-state index contributed by atoms with van der Waals surface area (Å²) < 4.78 is 26.2. The topological polar surface area (TPSA) is 86.8 Å². The van der Waals surface area contributed by atoms with Crippen LogP contribution >= 0.6 is 0 Å². The Morgan fingerprint density at radius 3 is 1.95 bits per heavy atom. The Hall–Kier alpha value is -3.65. The number of nitrogens with one attached hydrogen (secondary N) is 1. The standard InChI is InChI=1S/C30H37N3O4S/c1-3-21-31-30(35)28(23-25-14-7-4-8-15-25)32(24-26-16-9-5-10-17-26)29(34)20-13-22-33(38(2,36)37)27-18-11-6-12-19-27/h4-12,14-19,28H,3,13,20-24H2,1-2H3,(H,31,35). The minimum atomic E-state index is -3.52. The van der Waals surface area contributed by atoms with Gasteiger partial charge in [-0.15, -0.1) is 0 Å². The molecule has 2 amide bonds. The van der Waals surface area contributed by atoms with Gasteiger partial charge < -0.3 is 10.2 Å². The highest BCUT2D eigenvalue weighted by molar-refractivity contribution is 7.92. The summed E-state index contributed by atoms with van der Waals surface area (Å²) in [6, 6.07) is 27.4. The Bertz CT molecular complexity index is 1250. The van der Waals surface area contributed by atoms with Crippen molar-refractivity contribution in [2.45, 2.75) is 45.2 Å². The molecule has 1 N–H and O–H groups in total. The molecule has 3 aromatic carbocycles. The molecule has 7 nitrogen and oxygen atoms in total. The van der Waals surface area contributed by atoms with E-state index >= 15 is 0 Å². The molecule has 0 saturated carbocycles. The zero-order valence-corrected chi connectivity index (χ0v) is 22.9. The summed E-state index contributed by atoms with van der Waals surface area (Å²) in [5, 5.41) is 2.97. The zero-order valence-electron chi connectivity index (χ0n) is 22.1. The van der Waals surface area contributed by atoms with Crippen molar-refractivity contribution in [2.24, 2.45) is 0 Å². The van der Waals surface area contributed by atoms with E-state index in [0.29, 0.717) is 25.1 Å². The highest BCUT2D eigenvalue weighted by atomic mass is 32.2. The van der Waals surface area contributed by atoms with E-state index in [2.05, 4.69) is 5.32 Å². The first-order valence-electron chi connectivity index (χ1n) is 13.0. The van der Waals surface area contributed by atoms with Crippen molar-refractivity contribution in [1.82, 2.24) is 10.2 Å². The number of nitrogens with zero attached hydrogens (tertiary/aromatic N) is 2. The summed E-state index contributed by atoms with van der Waals surface area (Å²) in [5.41, 5.74) is 2.44. The summed E-state index contributed by atoms with van der Waals surface area (Å²) in [6.45, 7) is 2.96. The molecule has 3 rings (SSSR count). The Balaban J connectivity index is 1.83. The smallest absolute Gasteiger partial charge is 0.243 e. The molecule has 38 heavy (non-hydrogen) atoms. The second kappa shape index (κ2) is 14.3. The van der Waals surface area contributed by atoms with Crippen LogP contribution in [0.5, 0.6) is 0 Å². The Labute approximate surface area is 226 Å². The molecule has 0 aliphatic heterocycles. The minimum absolute atomic E-state index is 0.109. The lowest BCUT2D eigenvalue weighted by atomic mass is 10.0. The summed E-state index contributed by atoms with van der Waals surface area (Å²) >= 11 is 0. The lowest BCUT2D eigenvalue weighted by molar-refractivity contribution is -0.141. The molecule has 0 radical (unpaired) electrons. The summed E-state index contributed by atoms with van der Waals surface area (Å²) in [6.07, 6.45) is 2.77. The number of rotatable bonds is 14. The fourth-order valence-corrected chi connectivity index (χ4v) is 5.26. The lowest BCUT2D eigenvalue weighted by Crippen LogP contribution is -2.50. The summed E-state index contributed by atoms with van der Waals surface area (Å²) in [7, 11) is -3.52. The molecule has 202 valence electrons. The van der Waals surface area contributed by atoms with Crippen LogP contribution in [-0.2, 0) is 32.6 Å². The summed E-state index contributed by atoms with van der Waals surface area (Å²) in [5.74, 6) is -0.384. The van der Waals surface area contributed by atoms with Crippen molar-refractivity contribution in [2.75, 3.05) is 23.7 Å². The SMILES string of the molecule is CCCNC(=O)C(Cc1ccccc1)N(Cc1ccccc1)C(=O)CCCN(c1ccccc1)S(C)(=O)=O. The quantitative estimate of drug-likeness (QED) is 0.332. The van der Waals surface area contributed by atoms with Gasteiger partial charge in [-0.2, -0.15) is 0 Å². The van der Waals surface area contributed by atoms with Crippen LogP contribution in [-0.4, -0.2) is 50.5 Å². The van der Waals surface area contributed by atoms with Crippen LogP contribution < -0.4 is 9.62 Å². The van der Waals surface area contributed by atoms with Gasteiger partial charge in [-0.05, 0) is 36.1 Å². The van der Waals surface area contributed by atoms with Gasteiger partial charge in [-0.1, -0.05) is 85.8 Å². The van der Waals surface area contributed by atoms with Crippen LogP contribution in [0.2, 0.25) is 0 Å². The molecular weight excluding hydrogens is 498 g/mol. The van der Waals surface area contributed by atoms with E-state index in [1.165, 1.54) is 4.31 Å². The van der Waals surface area contributed by atoms with Crippen molar-refractivity contribution in [3.8, 4) is 0 Å². The number of sulfonamides is 1. The molecular formula is C30H37N3O4S. The van der Waals surface area contributed by atoms with E-state index in [9.17, 15) is 18.0 Å². The van der Waals surface area contributed by atoms with Gasteiger partial charge in [0, 0.05) is 32.5 Å². The fourth-order valence-electron chi connectivity index (χ4n) is 4.30. The minimum Gasteiger partial charge on any atom is -0.354 e. The first kappa shape index (κ1) is 28.9. The third kappa shape index (κ3) is 8.73. The molecule has 8 heteroatoms. The highest BCUT2D eigenvalue weighted by Crippen LogP contribution is 2.20. The maximum Gasteiger partial charge on any atom is 0.243 e. The average Bonchev–Trinajstić information content (AvgIpc) is 2.92. The third-order valence-electron chi connectivity index (χ3n) is 6.21. The van der Waals surface area contributed by atoms with E-state index < -0.39 is 16.1 Å². The number of benzene rings is 3. The molecule has 0 heterocycles. The van der Waals surface area contributed by atoms with Gasteiger partial charge in [0.25, 0.3) is 0 Å². The van der Waals surface area contributed by atoms with Crippen LogP contribution in [0, 0.1) is 0 Å². The number of amides is 2. The maximum absolute atomic E-state index is 13.7.